The average Bonchev–Trinajstić information content (AvgIpc) is 2.58. The molecule has 2 N–H and O–H groups in total. The van der Waals surface area contributed by atoms with Crippen molar-refractivity contribution in [3.05, 3.63) is 64.8 Å². The van der Waals surface area contributed by atoms with Crippen LogP contribution in [0.5, 0.6) is 5.75 Å². The molecule has 0 aliphatic heterocycles. The van der Waals surface area contributed by atoms with Crippen molar-refractivity contribution in [3.63, 3.8) is 0 Å². The molecule has 0 bridgehead atoms. The molecule has 0 amide bonds. The number of phenolic OH excluding ortho intramolecular Hbond substituents is 1. The number of rotatable bonds is 4. The van der Waals surface area contributed by atoms with Gasteiger partial charge in [-0.1, -0.05) is 41.9 Å². The Morgan fingerprint density at radius 3 is 2.52 bits per heavy atom. The third kappa shape index (κ3) is 3.46. The maximum absolute atomic E-state index is 12.8. The largest absolute Gasteiger partial charge is 0.504 e. The minimum atomic E-state index is -3.99. The topological polar surface area (TPSA) is 79.3 Å². The van der Waals surface area contributed by atoms with E-state index in [0.717, 1.165) is 5.56 Å². The summed E-state index contributed by atoms with van der Waals surface area (Å²) in [4.78, 5) is 3.93. The summed E-state index contributed by atoms with van der Waals surface area (Å²) in [6, 6.07) is 13.4. The smallest absolute Gasteiger partial charge is 0.244 e. The van der Waals surface area contributed by atoms with Crippen molar-refractivity contribution < 1.29 is 13.5 Å². The number of phenols is 1. The van der Waals surface area contributed by atoms with Gasteiger partial charge in [-0.15, -0.1) is 0 Å². The maximum Gasteiger partial charge on any atom is 0.244 e. The van der Waals surface area contributed by atoms with Gasteiger partial charge in [0, 0.05) is 17.1 Å². The van der Waals surface area contributed by atoms with Gasteiger partial charge in [0.05, 0.1) is 5.02 Å². The van der Waals surface area contributed by atoms with Gasteiger partial charge in [0.15, 0.2) is 5.75 Å². The van der Waals surface area contributed by atoms with Crippen LogP contribution >= 0.6 is 11.6 Å². The first kappa shape index (κ1) is 17.7. The van der Waals surface area contributed by atoms with Gasteiger partial charge in [0.2, 0.25) is 10.0 Å². The van der Waals surface area contributed by atoms with E-state index in [1.807, 2.05) is 30.3 Å². The molecule has 0 saturated heterocycles. The SMILES string of the molecule is Cc1ccc2c(Cl)cc(S(=O)(=O)NC(C)c3ccccc3)c(O)c2n1. The van der Waals surface area contributed by atoms with E-state index < -0.39 is 21.8 Å². The summed E-state index contributed by atoms with van der Waals surface area (Å²) in [5, 5.41) is 11.2. The second kappa shape index (κ2) is 6.63. The van der Waals surface area contributed by atoms with Crippen molar-refractivity contribution >= 4 is 32.5 Å². The lowest BCUT2D eigenvalue weighted by Crippen LogP contribution is -2.27. The Morgan fingerprint density at radius 1 is 1.16 bits per heavy atom. The Morgan fingerprint density at radius 2 is 1.84 bits per heavy atom. The molecule has 0 aliphatic rings. The van der Waals surface area contributed by atoms with Crippen molar-refractivity contribution in [2.24, 2.45) is 0 Å². The molecule has 5 nitrogen and oxygen atoms in total. The molecule has 0 radical (unpaired) electrons. The number of hydrogen-bond donors (Lipinski definition) is 2. The van der Waals surface area contributed by atoms with Gasteiger partial charge in [0.25, 0.3) is 0 Å². The highest BCUT2D eigenvalue weighted by Gasteiger charge is 2.25. The van der Waals surface area contributed by atoms with Gasteiger partial charge in [-0.25, -0.2) is 18.1 Å². The molecule has 0 aliphatic carbocycles. The summed E-state index contributed by atoms with van der Waals surface area (Å²) in [6.07, 6.45) is 0. The predicted octanol–water partition coefficient (Wildman–Crippen LogP) is 3.94. The Labute approximate surface area is 151 Å². The number of aromatic hydroxyl groups is 1. The lowest BCUT2D eigenvalue weighted by Gasteiger charge is -2.16. The molecular formula is C18H17ClN2O3S. The molecule has 1 unspecified atom stereocenters. The second-order valence-corrected chi connectivity index (χ2v) is 7.90. The van der Waals surface area contributed by atoms with E-state index in [4.69, 9.17) is 11.6 Å². The zero-order valence-electron chi connectivity index (χ0n) is 13.7. The molecule has 0 spiro atoms. The molecule has 3 rings (SSSR count). The molecule has 1 aromatic heterocycles. The van der Waals surface area contributed by atoms with Crippen LogP contribution in [-0.2, 0) is 10.0 Å². The fraction of sp³-hybridized carbons (Fsp3) is 0.167. The summed E-state index contributed by atoms with van der Waals surface area (Å²) in [6.45, 7) is 3.48. The van der Waals surface area contributed by atoms with E-state index in [-0.39, 0.29) is 15.4 Å². The Hall–Kier alpha value is -2.15. The number of sulfonamides is 1. The molecule has 2 aromatic carbocycles. The molecule has 1 atom stereocenters. The number of hydrogen-bond acceptors (Lipinski definition) is 4. The molecule has 7 heteroatoms. The quantitative estimate of drug-likeness (QED) is 0.722. The Kier molecular flexibility index (Phi) is 4.69. The number of halogens is 1. The van der Waals surface area contributed by atoms with Crippen molar-refractivity contribution in [2.75, 3.05) is 0 Å². The first-order valence-electron chi connectivity index (χ1n) is 7.65. The average molecular weight is 377 g/mol. The van der Waals surface area contributed by atoms with Crippen LogP contribution in [0.15, 0.2) is 53.4 Å². The van der Waals surface area contributed by atoms with Crippen LogP contribution in [0, 0.1) is 6.92 Å². The van der Waals surface area contributed by atoms with E-state index in [1.54, 1.807) is 26.0 Å². The zero-order chi connectivity index (χ0) is 18.2. The number of nitrogens with zero attached hydrogens (tertiary/aromatic N) is 1. The van der Waals surface area contributed by atoms with E-state index >= 15 is 0 Å². The van der Waals surface area contributed by atoms with E-state index in [0.29, 0.717) is 11.1 Å². The number of benzene rings is 2. The zero-order valence-corrected chi connectivity index (χ0v) is 15.3. The van der Waals surface area contributed by atoms with Crippen LogP contribution in [0.3, 0.4) is 0 Å². The highest BCUT2D eigenvalue weighted by molar-refractivity contribution is 7.89. The highest BCUT2D eigenvalue weighted by atomic mass is 35.5. The lowest BCUT2D eigenvalue weighted by molar-refractivity contribution is 0.462. The minimum Gasteiger partial charge on any atom is -0.504 e. The second-order valence-electron chi connectivity index (χ2n) is 5.81. The van der Waals surface area contributed by atoms with Crippen molar-refractivity contribution in [1.82, 2.24) is 9.71 Å². The van der Waals surface area contributed by atoms with Crippen LogP contribution < -0.4 is 4.72 Å². The van der Waals surface area contributed by atoms with Gasteiger partial charge in [-0.05, 0) is 37.6 Å². The molecule has 25 heavy (non-hydrogen) atoms. The monoisotopic (exact) mass is 376 g/mol. The van der Waals surface area contributed by atoms with E-state index in [1.165, 1.54) is 6.07 Å². The van der Waals surface area contributed by atoms with Crippen LogP contribution in [0.4, 0.5) is 0 Å². The highest BCUT2D eigenvalue weighted by Crippen LogP contribution is 2.36. The fourth-order valence-electron chi connectivity index (χ4n) is 2.62. The number of fused-ring (bicyclic) bond motifs is 1. The van der Waals surface area contributed by atoms with Crippen molar-refractivity contribution in [2.45, 2.75) is 24.8 Å². The normalized spacial score (nSPS) is 13.1. The number of aromatic nitrogens is 1. The van der Waals surface area contributed by atoms with Gasteiger partial charge in [-0.2, -0.15) is 0 Å². The van der Waals surface area contributed by atoms with Crippen molar-refractivity contribution in [1.29, 1.82) is 0 Å². The predicted molar refractivity (Wildman–Crippen MR) is 98.3 cm³/mol. The molecule has 0 saturated carbocycles. The number of aryl methyl sites for hydroxylation is 1. The molecular weight excluding hydrogens is 360 g/mol. The van der Waals surface area contributed by atoms with Gasteiger partial charge in [0.1, 0.15) is 10.4 Å². The fourth-order valence-corrected chi connectivity index (χ4v) is 4.30. The Balaban J connectivity index is 2.07. The first-order chi connectivity index (χ1) is 11.8. The van der Waals surface area contributed by atoms with Gasteiger partial charge >= 0.3 is 0 Å². The molecule has 0 fully saturated rings. The number of nitrogens with one attached hydrogen (secondary N) is 1. The summed E-state index contributed by atoms with van der Waals surface area (Å²) in [7, 11) is -3.99. The standard InChI is InChI=1S/C18H17ClN2O3S/c1-11-8-9-14-15(19)10-16(18(22)17(14)20-11)25(23,24)21-12(2)13-6-4-3-5-7-13/h3-10,12,21-22H,1-2H3. The van der Waals surface area contributed by atoms with Crippen LogP contribution in [0.2, 0.25) is 5.02 Å². The summed E-state index contributed by atoms with van der Waals surface area (Å²) < 4.78 is 28.1. The summed E-state index contributed by atoms with van der Waals surface area (Å²) in [5.41, 5.74) is 1.63. The van der Waals surface area contributed by atoms with Gasteiger partial charge < -0.3 is 5.11 Å². The third-order valence-corrected chi connectivity index (χ3v) is 5.80. The molecule has 130 valence electrons. The third-order valence-electron chi connectivity index (χ3n) is 3.93. The number of pyridine rings is 1. The Bertz CT molecular complexity index is 1040. The molecule has 1 heterocycles. The maximum atomic E-state index is 12.8. The summed E-state index contributed by atoms with van der Waals surface area (Å²) >= 11 is 6.20. The minimum absolute atomic E-state index is 0.167. The first-order valence-corrected chi connectivity index (χ1v) is 9.52. The summed E-state index contributed by atoms with van der Waals surface area (Å²) in [5.74, 6) is -0.407. The van der Waals surface area contributed by atoms with Gasteiger partial charge in [-0.3, -0.25) is 0 Å². The van der Waals surface area contributed by atoms with Crippen LogP contribution in [0.1, 0.15) is 24.2 Å². The van der Waals surface area contributed by atoms with E-state index in [2.05, 4.69) is 9.71 Å². The lowest BCUT2D eigenvalue weighted by atomic mass is 10.1. The molecule has 3 aromatic rings. The van der Waals surface area contributed by atoms with E-state index in [9.17, 15) is 13.5 Å². The van der Waals surface area contributed by atoms with Crippen LogP contribution in [0.25, 0.3) is 10.9 Å². The van der Waals surface area contributed by atoms with Crippen molar-refractivity contribution in [3.8, 4) is 5.75 Å². The van der Waals surface area contributed by atoms with Crippen LogP contribution in [-0.4, -0.2) is 18.5 Å².